The minimum absolute atomic E-state index is 0.134. The summed E-state index contributed by atoms with van der Waals surface area (Å²) in [4.78, 5) is 30.1. The molecule has 0 bridgehead atoms. The number of aryl methyl sites for hydroxylation is 2. The molecule has 0 spiro atoms. The lowest BCUT2D eigenvalue weighted by Crippen LogP contribution is -2.38. The third-order valence-corrected chi connectivity index (χ3v) is 6.39. The van der Waals surface area contributed by atoms with Gasteiger partial charge in [0.1, 0.15) is 11.5 Å². The van der Waals surface area contributed by atoms with Gasteiger partial charge in [0.05, 0.1) is 18.2 Å². The molecule has 0 saturated carbocycles. The Morgan fingerprint density at radius 3 is 2.29 bits per heavy atom. The number of rotatable bonds is 10. The summed E-state index contributed by atoms with van der Waals surface area (Å²) in [5.41, 5.74) is 3.39. The number of benzene rings is 2. The Bertz CT molecular complexity index is 1050. The van der Waals surface area contributed by atoms with Crippen molar-refractivity contribution in [2.24, 2.45) is 0 Å². The normalized spacial score (nSPS) is 17.6. The molecule has 1 unspecified atom stereocenters. The van der Waals surface area contributed by atoms with Crippen LogP contribution in [0.15, 0.2) is 48.0 Å². The Balaban J connectivity index is 2.06. The molecule has 2 aromatic rings. The number of aliphatic hydroxyl groups excluding tert-OH is 1. The molecule has 6 nitrogen and oxygen atoms in total. The number of hydrogen-bond donors (Lipinski definition) is 1. The van der Waals surface area contributed by atoms with E-state index in [0.29, 0.717) is 25.3 Å². The molecule has 1 amide bonds. The second-order valence-electron chi connectivity index (χ2n) is 8.76. The summed E-state index contributed by atoms with van der Waals surface area (Å²) in [6, 6.07) is 12.5. The van der Waals surface area contributed by atoms with E-state index in [9.17, 15) is 14.7 Å². The minimum Gasteiger partial charge on any atom is -0.507 e. The van der Waals surface area contributed by atoms with E-state index in [1.165, 1.54) is 0 Å². The monoisotopic (exact) mass is 464 g/mol. The minimum atomic E-state index is -0.647. The van der Waals surface area contributed by atoms with Crippen molar-refractivity contribution < 1.29 is 19.4 Å². The number of likely N-dealkylation sites (N-methyl/N-ethyl adjacent to an activating group) is 1. The van der Waals surface area contributed by atoms with E-state index in [0.717, 1.165) is 42.0 Å². The lowest BCUT2D eigenvalue weighted by atomic mass is 9.94. The second-order valence-corrected chi connectivity index (χ2v) is 8.76. The number of ether oxygens (including phenoxy) is 1. The number of nitrogens with zero attached hydrogens (tertiary/aromatic N) is 2. The first-order valence-corrected chi connectivity index (χ1v) is 12.1. The van der Waals surface area contributed by atoms with Crippen LogP contribution in [-0.4, -0.2) is 59.4 Å². The largest absolute Gasteiger partial charge is 0.507 e. The van der Waals surface area contributed by atoms with Gasteiger partial charge in [-0.05, 0) is 62.7 Å². The quantitative estimate of drug-likeness (QED) is 0.309. The number of hydrogen-bond acceptors (Lipinski definition) is 5. The Kier molecular flexibility index (Phi) is 8.51. The summed E-state index contributed by atoms with van der Waals surface area (Å²) in [6.07, 6.45) is 0.897. The molecule has 34 heavy (non-hydrogen) atoms. The van der Waals surface area contributed by atoms with Crippen molar-refractivity contribution in [1.82, 2.24) is 9.80 Å². The topological polar surface area (TPSA) is 70.1 Å². The fourth-order valence-electron chi connectivity index (χ4n) is 4.32. The molecular weight excluding hydrogens is 428 g/mol. The van der Waals surface area contributed by atoms with Gasteiger partial charge in [0, 0.05) is 18.7 Å². The fourth-order valence-corrected chi connectivity index (χ4v) is 4.32. The van der Waals surface area contributed by atoms with Gasteiger partial charge in [-0.2, -0.15) is 0 Å². The zero-order chi connectivity index (χ0) is 24.8. The summed E-state index contributed by atoms with van der Waals surface area (Å²) < 4.78 is 5.75. The number of likely N-dealkylation sites (tertiary alicyclic amines) is 1. The number of carbonyl (C=O) groups is 2. The van der Waals surface area contributed by atoms with Gasteiger partial charge in [0.25, 0.3) is 11.7 Å². The molecule has 1 fully saturated rings. The average Bonchev–Trinajstić information content (AvgIpc) is 3.09. The summed E-state index contributed by atoms with van der Waals surface area (Å²) >= 11 is 0. The first kappa shape index (κ1) is 25.5. The molecule has 1 saturated heterocycles. The predicted octanol–water partition coefficient (Wildman–Crippen LogP) is 4.86. The van der Waals surface area contributed by atoms with Crippen LogP contribution in [0.3, 0.4) is 0 Å². The van der Waals surface area contributed by atoms with Crippen LogP contribution in [0.2, 0.25) is 0 Å². The molecule has 3 rings (SSSR count). The smallest absolute Gasteiger partial charge is 0.295 e. The molecule has 182 valence electrons. The Morgan fingerprint density at radius 1 is 1.03 bits per heavy atom. The van der Waals surface area contributed by atoms with Crippen LogP contribution in [0.1, 0.15) is 55.5 Å². The van der Waals surface area contributed by atoms with Crippen molar-refractivity contribution in [3.05, 3.63) is 70.3 Å². The summed E-state index contributed by atoms with van der Waals surface area (Å²) in [6.45, 7) is 13.5. The number of Topliss-reactive ketones (excluding diaryl/α,β-unsaturated/α-hetero) is 1. The zero-order valence-corrected chi connectivity index (χ0v) is 20.9. The SMILES string of the molecule is CCCOc1ccc(/C(O)=C2/C(=O)C(=O)N(CCN(CC)CC)C2c2ccc(C)cc2)cc1C. The van der Waals surface area contributed by atoms with E-state index >= 15 is 0 Å². The van der Waals surface area contributed by atoms with Gasteiger partial charge in [-0.3, -0.25) is 9.59 Å². The van der Waals surface area contributed by atoms with E-state index in [4.69, 9.17) is 4.74 Å². The molecule has 0 aromatic heterocycles. The van der Waals surface area contributed by atoms with Gasteiger partial charge < -0.3 is 19.6 Å². The van der Waals surface area contributed by atoms with E-state index in [1.54, 1.807) is 23.1 Å². The van der Waals surface area contributed by atoms with E-state index < -0.39 is 17.7 Å². The summed E-state index contributed by atoms with van der Waals surface area (Å²) in [5, 5.41) is 11.3. The second kappa shape index (κ2) is 11.3. The molecule has 0 radical (unpaired) electrons. The van der Waals surface area contributed by atoms with E-state index in [2.05, 4.69) is 18.7 Å². The molecule has 6 heteroatoms. The number of amides is 1. The van der Waals surface area contributed by atoms with Crippen LogP contribution < -0.4 is 4.74 Å². The third kappa shape index (κ3) is 5.33. The first-order valence-electron chi connectivity index (χ1n) is 12.1. The van der Waals surface area contributed by atoms with Gasteiger partial charge in [0.15, 0.2) is 0 Å². The number of carbonyl (C=O) groups excluding carboxylic acids is 2. The fraction of sp³-hybridized carbons (Fsp3) is 0.429. The lowest BCUT2D eigenvalue weighted by Gasteiger charge is -2.28. The van der Waals surface area contributed by atoms with Crippen LogP contribution in [0.4, 0.5) is 0 Å². The molecule has 0 aliphatic carbocycles. The maximum absolute atomic E-state index is 13.2. The van der Waals surface area contributed by atoms with Gasteiger partial charge in [-0.25, -0.2) is 0 Å². The third-order valence-electron chi connectivity index (χ3n) is 6.39. The Morgan fingerprint density at radius 2 is 1.71 bits per heavy atom. The van der Waals surface area contributed by atoms with E-state index in [-0.39, 0.29) is 11.3 Å². The Hall–Kier alpha value is -3.12. The van der Waals surface area contributed by atoms with Crippen molar-refractivity contribution in [2.45, 2.75) is 47.1 Å². The van der Waals surface area contributed by atoms with Crippen molar-refractivity contribution >= 4 is 17.4 Å². The van der Waals surface area contributed by atoms with Crippen molar-refractivity contribution in [1.29, 1.82) is 0 Å². The van der Waals surface area contributed by atoms with E-state index in [1.807, 2.05) is 45.0 Å². The molecular formula is C28H36N2O4. The van der Waals surface area contributed by atoms with Crippen LogP contribution in [-0.2, 0) is 9.59 Å². The molecule has 1 aliphatic heterocycles. The first-order chi connectivity index (χ1) is 16.3. The zero-order valence-electron chi connectivity index (χ0n) is 20.9. The number of aliphatic hydroxyl groups is 1. The molecule has 2 aromatic carbocycles. The predicted molar refractivity (Wildman–Crippen MR) is 135 cm³/mol. The average molecular weight is 465 g/mol. The van der Waals surface area contributed by atoms with Crippen LogP contribution in [0.25, 0.3) is 5.76 Å². The highest BCUT2D eigenvalue weighted by Crippen LogP contribution is 2.39. The van der Waals surface area contributed by atoms with Crippen LogP contribution >= 0.6 is 0 Å². The van der Waals surface area contributed by atoms with Gasteiger partial charge in [0.2, 0.25) is 0 Å². The standard InChI is InChI=1S/C28H36N2O4/c1-6-17-34-23-14-13-22(18-20(23)5)26(31)24-25(21-11-9-19(4)10-12-21)30(28(33)27(24)32)16-15-29(7-2)8-3/h9-14,18,25,31H,6-8,15-17H2,1-5H3/b26-24-. The highest BCUT2D eigenvalue weighted by Gasteiger charge is 2.45. The molecule has 1 atom stereocenters. The van der Waals surface area contributed by atoms with Crippen LogP contribution in [0.5, 0.6) is 5.75 Å². The van der Waals surface area contributed by atoms with Gasteiger partial charge >= 0.3 is 0 Å². The molecule has 1 N–H and O–H groups in total. The van der Waals surface area contributed by atoms with Crippen molar-refractivity contribution in [2.75, 3.05) is 32.8 Å². The molecule has 1 heterocycles. The maximum Gasteiger partial charge on any atom is 0.295 e. The van der Waals surface area contributed by atoms with Gasteiger partial charge in [-0.15, -0.1) is 0 Å². The number of ketones is 1. The summed E-state index contributed by atoms with van der Waals surface area (Å²) in [5.74, 6) is -0.627. The lowest BCUT2D eigenvalue weighted by molar-refractivity contribution is -0.140. The maximum atomic E-state index is 13.2. The Labute approximate surface area is 202 Å². The molecule has 1 aliphatic rings. The van der Waals surface area contributed by atoms with Crippen molar-refractivity contribution in [3.8, 4) is 5.75 Å². The summed E-state index contributed by atoms with van der Waals surface area (Å²) in [7, 11) is 0. The highest BCUT2D eigenvalue weighted by atomic mass is 16.5. The van der Waals surface area contributed by atoms with Gasteiger partial charge in [-0.1, -0.05) is 50.6 Å². The van der Waals surface area contributed by atoms with Crippen molar-refractivity contribution in [3.63, 3.8) is 0 Å². The van der Waals surface area contributed by atoms with Crippen LogP contribution in [0, 0.1) is 13.8 Å². The highest BCUT2D eigenvalue weighted by molar-refractivity contribution is 6.46.